The second kappa shape index (κ2) is 8.08. The van der Waals surface area contributed by atoms with Gasteiger partial charge in [-0.2, -0.15) is 0 Å². The Hall–Kier alpha value is -1.91. The molecular formula is C19H29BN2O6S. The van der Waals surface area contributed by atoms with Gasteiger partial charge >= 0.3 is 19.2 Å². The van der Waals surface area contributed by atoms with E-state index in [1.165, 1.54) is 0 Å². The summed E-state index contributed by atoms with van der Waals surface area (Å²) in [7, 11) is -0.715. The smallest absolute Gasteiger partial charge is 0.477 e. The zero-order chi connectivity index (χ0) is 22.2. The van der Waals surface area contributed by atoms with Gasteiger partial charge in [0.05, 0.1) is 16.9 Å². The van der Waals surface area contributed by atoms with Crippen LogP contribution in [0.25, 0.3) is 6.08 Å². The van der Waals surface area contributed by atoms with Crippen molar-refractivity contribution in [1.82, 2.24) is 10.3 Å². The quantitative estimate of drug-likeness (QED) is 0.695. The fourth-order valence-corrected chi connectivity index (χ4v) is 3.40. The second-order valence-electron chi connectivity index (χ2n) is 8.93. The van der Waals surface area contributed by atoms with Crippen LogP contribution < -0.4 is 5.32 Å². The molecule has 2 rings (SSSR count). The minimum Gasteiger partial charge on any atom is -0.477 e. The molecule has 1 aromatic rings. The maximum atomic E-state index is 12.1. The molecule has 29 heavy (non-hydrogen) atoms. The SMILES string of the molecule is Cc1nc(C=C(CNC(=O)OC(C)(C)C)B2OC(C)(C)C(C)(C)O2)sc1C(=O)O. The molecule has 0 bridgehead atoms. The van der Waals surface area contributed by atoms with Gasteiger partial charge in [0.1, 0.15) is 15.5 Å². The summed E-state index contributed by atoms with van der Waals surface area (Å²) >= 11 is 1.06. The summed E-state index contributed by atoms with van der Waals surface area (Å²) in [4.78, 5) is 27.9. The number of rotatable bonds is 5. The van der Waals surface area contributed by atoms with Crippen molar-refractivity contribution in [1.29, 1.82) is 0 Å². The molecule has 0 aromatic carbocycles. The lowest BCUT2D eigenvalue weighted by Gasteiger charge is -2.32. The molecule has 10 heteroatoms. The maximum Gasteiger partial charge on any atom is 0.492 e. The summed E-state index contributed by atoms with van der Waals surface area (Å²) < 4.78 is 17.5. The zero-order valence-corrected chi connectivity index (χ0v) is 19.0. The topological polar surface area (TPSA) is 107 Å². The summed E-state index contributed by atoms with van der Waals surface area (Å²) in [5.41, 5.74) is -0.704. The number of aryl methyl sites for hydroxylation is 1. The third-order valence-corrected chi connectivity index (χ3v) is 5.80. The van der Waals surface area contributed by atoms with Crippen LogP contribution in [0.4, 0.5) is 4.79 Å². The minimum atomic E-state index is -1.02. The van der Waals surface area contributed by atoms with Crippen LogP contribution in [0.1, 0.15) is 68.8 Å². The number of carboxylic acids is 1. The van der Waals surface area contributed by atoms with Gasteiger partial charge in [-0.1, -0.05) is 0 Å². The van der Waals surface area contributed by atoms with E-state index in [1.807, 2.05) is 27.7 Å². The Kier molecular flexibility index (Phi) is 6.51. The first kappa shape index (κ1) is 23.4. The Bertz CT molecular complexity index is 809. The number of thiazole rings is 1. The molecule has 2 N–H and O–H groups in total. The van der Waals surface area contributed by atoms with Crippen LogP contribution >= 0.6 is 11.3 Å². The molecule has 0 atom stereocenters. The van der Waals surface area contributed by atoms with Crippen molar-refractivity contribution >= 4 is 36.6 Å². The molecule has 1 aliphatic rings. The van der Waals surface area contributed by atoms with Crippen molar-refractivity contribution < 1.29 is 28.7 Å². The van der Waals surface area contributed by atoms with Crippen molar-refractivity contribution in [3.8, 4) is 0 Å². The number of hydrogen-bond acceptors (Lipinski definition) is 7. The van der Waals surface area contributed by atoms with Gasteiger partial charge in [0.15, 0.2) is 0 Å². The average molecular weight is 424 g/mol. The van der Waals surface area contributed by atoms with Crippen molar-refractivity contribution in [2.45, 2.75) is 72.2 Å². The second-order valence-corrected chi connectivity index (χ2v) is 9.97. The summed E-state index contributed by atoms with van der Waals surface area (Å²) in [6.45, 7) is 14.8. The maximum absolute atomic E-state index is 12.1. The molecule has 1 aromatic heterocycles. The van der Waals surface area contributed by atoms with Crippen molar-refractivity contribution in [3.05, 3.63) is 21.1 Å². The number of aromatic nitrogens is 1. The first-order valence-electron chi connectivity index (χ1n) is 9.35. The van der Waals surface area contributed by atoms with Crippen LogP contribution in [0.2, 0.25) is 0 Å². The number of nitrogens with zero attached hydrogens (tertiary/aromatic N) is 1. The van der Waals surface area contributed by atoms with E-state index in [9.17, 15) is 14.7 Å². The summed E-state index contributed by atoms with van der Waals surface area (Å²) in [5.74, 6) is -1.02. The molecule has 0 radical (unpaired) electrons. The lowest BCUT2D eigenvalue weighted by atomic mass is 9.77. The van der Waals surface area contributed by atoms with Crippen molar-refractivity contribution in [2.75, 3.05) is 6.54 Å². The Labute approximate surface area is 175 Å². The van der Waals surface area contributed by atoms with E-state index in [0.717, 1.165) is 11.3 Å². The molecule has 160 valence electrons. The number of aromatic carboxylic acids is 1. The number of alkyl carbamates (subject to hydrolysis) is 1. The highest BCUT2D eigenvalue weighted by Crippen LogP contribution is 2.39. The standard InChI is InChI=1S/C19H29BN2O6S/c1-11-14(15(23)24)29-13(22-11)9-12(10-21-16(25)26-17(2,3)4)20-27-18(5,6)19(7,8)28-20/h9H,10H2,1-8H3,(H,21,25)(H,23,24). The van der Waals surface area contributed by atoms with Crippen LogP contribution in [-0.2, 0) is 14.0 Å². The van der Waals surface area contributed by atoms with Gasteiger partial charge in [0.25, 0.3) is 0 Å². The molecular weight excluding hydrogens is 395 g/mol. The van der Waals surface area contributed by atoms with Gasteiger partial charge in [0.2, 0.25) is 0 Å². The van der Waals surface area contributed by atoms with Crippen molar-refractivity contribution in [2.24, 2.45) is 0 Å². The molecule has 1 aliphatic heterocycles. The normalized spacial score (nSPS) is 18.6. The van der Waals surface area contributed by atoms with Gasteiger partial charge < -0.3 is 24.5 Å². The summed E-state index contributed by atoms with van der Waals surface area (Å²) in [6, 6.07) is 0. The molecule has 0 saturated carbocycles. The predicted molar refractivity (Wildman–Crippen MR) is 112 cm³/mol. The fraction of sp³-hybridized carbons (Fsp3) is 0.632. The van der Waals surface area contributed by atoms with E-state index in [2.05, 4.69) is 10.3 Å². The average Bonchev–Trinajstić information content (AvgIpc) is 2.98. The number of amides is 1. The molecule has 1 amide bonds. The Morgan fingerprint density at radius 2 is 1.79 bits per heavy atom. The number of carboxylic acid groups (broad SMARTS) is 1. The van der Waals surface area contributed by atoms with Crippen LogP contribution in [-0.4, -0.2) is 52.6 Å². The molecule has 1 saturated heterocycles. The highest BCUT2D eigenvalue weighted by molar-refractivity contribution is 7.14. The third kappa shape index (κ3) is 5.80. The zero-order valence-electron chi connectivity index (χ0n) is 18.2. The molecule has 0 unspecified atom stereocenters. The Balaban J connectivity index is 2.30. The van der Waals surface area contributed by atoms with Crippen LogP contribution in [0, 0.1) is 6.92 Å². The third-order valence-electron chi connectivity index (χ3n) is 4.71. The number of nitrogens with one attached hydrogen (secondary N) is 1. The van der Waals surface area contributed by atoms with Gasteiger partial charge in [-0.05, 0) is 66.9 Å². The number of carbonyl (C=O) groups excluding carboxylic acids is 1. The lowest BCUT2D eigenvalue weighted by Crippen LogP contribution is -2.41. The largest absolute Gasteiger partial charge is 0.492 e. The van der Waals surface area contributed by atoms with E-state index < -0.39 is 36.0 Å². The van der Waals surface area contributed by atoms with Gasteiger partial charge in [0, 0.05) is 6.54 Å². The number of carbonyl (C=O) groups is 2. The number of hydrogen-bond donors (Lipinski definition) is 2. The van der Waals surface area contributed by atoms with E-state index in [4.69, 9.17) is 14.0 Å². The molecule has 8 nitrogen and oxygen atoms in total. The monoisotopic (exact) mass is 424 g/mol. The minimum absolute atomic E-state index is 0.104. The van der Waals surface area contributed by atoms with E-state index in [0.29, 0.717) is 16.2 Å². The highest BCUT2D eigenvalue weighted by atomic mass is 32.1. The molecule has 0 spiro atoms. The van der Waals surface area contributed by atoms with Crippen LogP contribution in [0.5, 0.6) is 0 Å². The van der Waals surface area contributed by atoms with Gasteiger partial charge in [-0.3, -0.25) is 0 Å². The number of ether oxygens (including phenoxy) is 1. The predicted octanol–water partition coefficient (Wildman–Crippen LogP) is 3.69. The summed E-state index contributed by atoms with van der Waals surface area (Å²) in [5, 5.41) is 12.5. The van der Waals surface area contributed by atoms with E-state index in [-0.39, 0.29) is 11.4 Å². The first-order valence-corrected chi connectivity index (χ1v) is 10.2. The van der Waals surface area contributed by atoms with Crippen LogP contribution in [0.15, 0.2) is 5.47 Å². The summed E-state index contributed by atoms with van der Waals surface area (Å²) in [6.07, 6.45) is 1.13. The highest BCUT2D eigenvalue weighted by Gasteiger charge is 2.52. The fourth-order valence-electron chi connectivity index (χ4n) is 2.52. The molecule has 2 heterocycles. The van der Waals surface area contributed by atoms with Crippen LogP contribution in [0.3, 0.4) is 0 Å². The van der Waals surface area contributed by atoms with Gasteiger partial charge in [-0.15, -0.1) is 11.3 Å². The van der Waals surface area contributed by atoms with E-state index >= 15 is 0 Å². The Morgan fingerprint density at radius 1 is 1.24 bits per heavy atom. The lowest BCUT2D eigenvalue weighted by molar-refractivity contribution is 0.00578. The first-order chi connectivity index (χ1) is 13.1. The van der Waals surface area contributed by atoms with Gasteiger partial charge in [-0.25, -0.2) is 14.6 Å². The van der Waals surface area contributed by atoms with Crippen molar-refractivity contribution in [3.63, 3.8) is 0 Å². The molecule has 0 aliphatic carbocycles. The van der Waals surface area contributed by atoms with E-state index in [1.54, 1.807) is 33.8 Å². The Morgan fingerprint density at radius 3 is 2.24 bits per heavy atom. The molecule has 1 fully saturated rings.